The Morgan fingerprint density at radius 2 is 1.88 bits per heavy atom. The molecule has 2 N–H and O–H groups in total. The third kappa shape index (κ3) is 4.31. The van der Waals surface area contributed by atoms with Gasteiger partial charge in [0.2, 0.25) is 0 Å². The van der Waals surface area contributed by atoms with Crippen molar-refractivity contribution in [1.29, 1.82) is 0 Å². The van der Waals surface area contributed by atoms with Gasteiger partial charge in [0.15, 0.2) is 0 Å². The molecule has 3 rings (SSSR count). The van der Waals surface area contributed by atoms with E-state index >= 15 is 0 Å². The van der Waals surface area contributed by atoms with Gasteiger partial charge in [0.1, 0.15) is 12.0 Å². The van der Waals surface area contributed by atoms with Gasteiger partial charge in [-0.2, -0.15) is 0 Å². The minimum Gasteiger partial charge on any atom is -0.377 e. The highest BCUT2D eigenvalue weighted by molar-refractivity contribution is 7.92. The van der Waals surface area contributed by atoms with Crippen LogP contribution >= 0.6 is 0 Å². The van der Waals surface area contributed by atoms with E-state index in [1.54, 1.807) is 18.2 Å². The van der Waals surface area contributed by atoms with E-state index in [0.717, 1.165) is 6.07 Å². The first kappa shape index (κ1) is 18.6. The second-order valence-electron chi connectivity index (χ2n) is 6.43. The van der Waals surface area contributed by atoms with Gasteiger partial charge in [-0.05, 0) is 43.8 Å². The van der Waals surface area contributed by atoms with E-state index in [2.05, 4.69) is 10.0 Å². The Hall–Kier alpha value is -2.19. The maximum absolute atomic E-state index is 14.2. The topological polar surface area (TPSA) is 61.4 Å². The summed E-state index contributed by atoms with van der Waals surface area (Å²) in [5.74, 6) is -0.557. The molecule has 1 saturated heterocycles. The van der Waals surface area contributed by atoms with Gasteiger partial charge in [-0.15, -0.1) is 0 Å². The van der Waals surface area contributed by atoms with Gasteiger partial charge in [0.05, 0.1) is 22.3 Å². The van der Waals surface area contributed by atoms with Crippen molar-refractivity contribution >= 4 is 21.4 Å². The van der Waals surface area contributed by atoms with Crippen LogP contribution in [0.1, 0.15) is 6.42 Å². The molecular weight excluding hydrogens is 360 g/mol. The Kier molecular flexibility index (Phi) is 5.43. The van der Waals surface area contributed by atoms with Crippen molar-refractivity contribution in [3.8, 4) is 0 Å². The van der Waals surface area contributed by atoms with Gasteiger partial charge in [0, 0.05) is 13.1 Å². The molecule has 0 bridgehead atoms. The Labute approximate surface area is 152 Å². The van der Waals surface area contributed by atoms with Crippen LogP contribution in [0.4, 0.5) is 20.2 Å². The van der Waals surface area contributed by atoms with Gasteiger partial charge >= 0.3 is 0 Å². The third-order valence-corrected chi connectivity index (χ3v) is 5.75. The molecule has 0 amide bonds. The van der Waals surface area contributed by atoms with Crippen molar-refractivity contribution in [3.63, 3.8) is 0 Å². The Balaban J connectivity index is 1.78. The largest absolute Gasteiger partial charge is 0.377 e. The molecular formula is C18H21F2N3O2S. The normalized spacial score (nSPS) is 21.3. The molecule has 26 heavy (non-hydrogen) atoms. The molecule has 2 unspecified atom stereocenters. The molecule has 0 spiro atoms. The van der Waals surface area contributed by atoms with Gasteiger partial charge in [-0.25, -0.2) is 17.2 Å². The van der Waals surface area contributed by atoms with E-state index in [0.29, 0.717) is 13.0 Å². The van der Waals surface area contributed by atoms with Crippen LogP contribution < -0.4 is 10.0 Å². The molecule has 1 aliphatic rings. The van der Waals surface area contributed by atoms with Crippen LogP contribution in [0.5, 0.6) is 0 Å². The van der Waals surface area contributed by atoms with Crippen LogP contribution in [0.3, 0.4) is 0 Å². The second kappa shape index (κ2) is 7.59. The van der Waals surface area contributed by atoms with E-state index in [-0.39, 0.29) is 22.8 Å². The van der Waals surface area contributed by atoms with Gasteiger partial charge < -0.3 is 10.2 Å². The average molecular weight is 381 g/mol. The zero-order valence-electron chi connectivity index (χ0n) is 14.3. The number of sulfonamides is 1. The van der Waals surface area contributed by atoms with Crippen molar-refractivity contribution in [2.24, 2.45) is 0 Å². The summed E-state index contributed by atoms with van der Waals surface area (Å²) in [5, 5.41) is 2.87. The van der Waals surface area contributed by atoms with Crippen molar-refractivity contribution in [3.05, 3.63) is 54.3 Å². The molecule has 2 atom stereocenters. The van der Waals surface area contributed by atoms with Crippen molar-refractivity contribution in [2.75, 3.05) is 30.2 Å². The molecule has 5 nitrogen and oxygen atoms in total. The quantitative estimate of drug-likeness (QED) is 0.836. The third-order valence-electron chi connectivity index (χ3n) is 4.36. The zero-order valence-corrected chi connectivity index (χ0v) is 15.1. The Morgan fingerprint density at radius 3 is 2.58 bits per heavy atom. The number of halogens is 2. The lowest BCUT2D eigenvalue weighted by Crippen LogP contribution is -2.46. The van der Waals surface area contributed by atoms with Crippen molar-refractivity contribution in [2.45, 2.75) is 23.5 Å². The first-order valence-electron chi connectivity index (χ1n) is 8.32. The molecule has 2 aromatic carbocycles. The fraction of sp³-hybridized carbons (Fsp3) is 0.333. The summed E-state index contributed by atoms with van der Waals surface area (Å²) in [6, 6.07) is 11.2. The van der Waals surface area contributed by atoms with E-state index in [1.165, 1.54) is 24.3 Å². The summed E-state index contributed by atoms with van der Waals surface area (Å²) in [6.45, 7) is 0.986. The maximum Gasteiger partial charge on any atom is 0.261 e. The number of likely N-dealkylation sites (tertiary alicyclic amines) is 1. The molecule has 2 aromatic rings. The fourth-order valence-corrected chi connectivity index (χ4v) is 4.00. The molecule has 1 heterocycles. The van der Waals surface area contributed by atoms with E-state index in [9.17, 15) is 17.2 Å². The van der Waals surface area contributed by atoms with Crippen LogP contribution in [0.25, 0.3) is 0 Å². The number of hydrogen-bond donors (Lipinski definition) is 2. The number of alkyl halides is 1. The minimum atomic E-state index is -3.78. The first-order valence-corrected chi connectivity index (χ1v) is 9.80. The SMILES string of the molecule is CN1CCC(Nc2cc(NS(=O)(=O)c3ccccc3)ccc2F)C(F)C1. The number of hydrogen-bond acceptors (Lipinski definition) is 4. The van der Waals surface area contributed by atoms with Crippen LogP contribution in [0.2, 0.25) is 0 Å². The minimum absolute atomic E-state index is 0.0791. The molecule has 140 valence electrons. The summed E-state index contributed by atoms with van der Waals surface area (Å²) < 4.78 is 55.5. The lowest BCUT2D eigenvalue weighted by molar-refractivity contribution is 0.149. The zero-order chi connectivity index (χ0) is 18.7. The van der Waals surface area contributed by atoms with E-state index in [4.69, 9.17) is 0 Å². The van der Waals surface area contributed by atoms with Crippen LogP contribution in [-0.4, -0.2) is 45.7 Å². The number of nitrogens with one attached hydrogen (secondary N) is 2. The van der Waals surface area contributed by atoms with E-state index < -0.39 is 28.1 Å². The second-order valence-corrected chi connectivity index (χ2v) is 8.11. The number of benzene rings is 2. The van der Waals surface area contributed by atoms with Crippen molar-refractivity contribution < 1.29 is 17.2 Å². The Bertz CT molecular complexity index is 862. The monoisotopic (exact) mass is 381 g/mol. The van der Waals surface area contributed by atoms with Gasteiger partial charge in [0.25, 0.3) is 10.0 Å². The van der Waals surface area contributed by atoms with Crippen LogP contribution in [0, 0.1) is 5.82 Å². The van der Waals surface area contributed by atoms with Gasteiger partial charge in [-0.3, -0.25) is 4.72 Å². The van der Waals surface area contributed by atoms with Gasteiger partial charge in [-0.1, -0.05) is 18.2 Å². The lowest BCUT2D eigenvalue weighted by Gasteiger charge is -2.33. The summed E-state index contributed by atoms with van der Waals surface area (Å²) in [5.41, 5.74) is 0.288. The number of rotatable bonds is 5. The number of nitrogens with zero attached hydrogens (tertiary/aromatic N) is 1. The Morgan fingerprint density at radius 1 is 1.15 bits per heavy atom. The molecule has 0 radical (unpaired) electrons. The molecule has 0 aromatic heterocycles. The van der Waals surface area contributed by atoms with Crippen molar-refractivity contribution in [1.82, 2.24) is 4.90 Å². The first-order chi connectivity index (χ1) is 12.3. The summed E-state index contributed by atoms with van der Waals surface area (Å²) >= 11 is 0. The molecule has 1 aliphatic heterocycles. The van der Waals surface area contributed by atoms with Crippen LogP contribution in [0.15, 0.2) is 53.4 Å². The number of anilines is 2. The summed E-state index contributed by atoms with van der Waals surface area (Å²) in [4.78, 5) is 1.99. The predicted octanol–water partition coefficient (Wildman–Crippen LogP) is 3.08. The molecule has 8 heteroatoms. The predicted molar refractivity (Wildman–Crippen MR) is 98.1 cm³/mol. The standard InChI is InChI=1S/C18H21F2N3O2S/c1-23-10-9-17(16(20)12-23)21-18-11-13(7-8-15(18)19)22-26(24,25)14-5-3-2-4-6-14/h2-8,11,16-17,21-22H,9-10,12H2,1H3. The highest BCUT2D eigenvalue weighted by Gasteiger charge is 2.28. The maximum atomic E-state index is 14.2. The fourth-order valence-electron chi connectivity index (χ4n) is 2.93. The molecule has 1 fully saturated rings. The lowest BCUT2D eigenvalue weighted by atomic mass is 10.0. The van der Waals surface area contributed by atoms with Crippen LogP contribution in [-0.2, 0) is 10.0 Å². The summed E-state index contributed by atoms with van der Waals surface area (Å²) in [6.07, 6.45) is -0.588. The summed E-state index contributed by atoms with van der Waals surface area (Å²) in [7, 11) is -1.94. The highest BCUT2D eigenvalue weighted by atomic mass is 32.2. The number of piperidine rings is 1. The molecule has 0 aliphatic carbocycles. The highest BCUT2D eigenvalue weighted by Crippen LogP contribution is 2.25. The smallest absolute Gasteiger partial charge is 0.261 e. The average Bonchev–Trinajstić information content (AvgIpc) is 2.61. The molecule has 0 saturated carbocycles. The van der Waals surface area contributed by atoms with E-state index in [1.807, 2.05) is 11.9 Å².